The number of aryl methyl sites for hydroxylation is 1. The molecule has 4 nitrogen and oxygen atoms in total. The molecule has 0 spiro atoms. The maximum absolute atomic E-state index is 11.8. The molecule has 4 heteroatoms. The first-order valence-electron chi connectivity index (χ1n) is 5.58. The number of carbonyl (C=O) groups excluding carboxylic acids is 1. The highest BCUT2D eigenvalue weighted by Gasteiger charge is 2.12. The number of nitrogens with zero attached hydrogens (tertiary/aromatic N) is 1. The average molecular weight is 221 g/mol. The van der Waals surface area contributed by atoms with Gasteiger partial charge in [-0.2, -0.15) is 0 Å². The third-order valence-corrected chi connectivity index (χ3v) is 2.41. The highest BCUT2D eigenvalue weighted by atomic mass is 16.1. The molecule has 0 aliphatic carbocycles. The van der Waals surface area contributed by atoms with E-state index in [4.69, 9.17) is 0 Å². The predicted molar refractivity (Wildman–Crippen MR) is 65.3 cm³/mol. The molecule has 1 atom stereocenters. The quantitative estimate of drug-likeness (QED) is 0.793. The van der Waals surface area contributed by atoms with Crippen LogP contribution in [0.1, 0.15) is 19.5 Å². The molecule has 0 saturated heterocycles. The van der Waals surface area contributed by atoms with Crippen molar-refractivity contribution in [3.63, 3.8) is 0 Å². The fraction of sp³-hybridized carbons (Fsp3) is 0.500. The Morgan fingerprint density at radius 3 is 2.94 bits per heavy atom. The maximum Gasteiger partial charge on any atom is 0.228 e. The van der Waals surface area contributed by atoms with Crippen molar-refractivity contribution in [3.05, 3.63) is 24.0 Å². The molecule has 88 valence electrons. The van der Waals surface area contributed by atoms with E-state index in [1.807, 2.05) is 32.9 Å². The molecule has 1 unspecified atom stereocenters. The van der Waals surface area contributed by atoms with Gasteiger partial charge in [0, 0.05) is 18.7 Å². The smallest absolute Gasteiger partial charge is 0.228 e. The standard InChI is InChI=1S/C12H19N3O/c1-4-13-8-9(2)12(16)15-11-6-5-7-14-10(11)3/h5-7,9,13H,4,8H2,1-3H3,(H,15,16). The monoisotopic (exact) mass is 221 g/mol. The highest BCUT2D eigenvalue weighted by Crippen LogP contribution is 2.11. The van der Waals surface area contributed by atoms with Crippen LogP contribution in [0.25, 0.3) is 0 Å². The normalized spacial score (nSPS) is 12.2. The second-order valence-corrected chi connectivity index (χ2v) is 3.83. The molecule has 0 fully saturated rings. The van der Waals surface area contributed by atoms with Gasteiger partial charge in [-0.3, -0.25) is 9.78 Å². The van der Waals surface area contributed by atoms with Gasteiger partial charge in [-0.15, -0.1) is 0 Å². The zero-order valence-corrected chi connectivity index (χ0v) is 10.1. The van der Waals surface area contributed by atoms with E-state index in [-0.39, 0.29) is 11.8 Å². The zero-order chi connectivity index (χ0) is 12.0. The van der Waals surface area contributed by atoms with E-state index in [0.29, 0.717) is 6.54 Å². The number of pyridine rings is 1. The number of nitrogens with one attached hydrogen (secondary N) is 2. The highest BCUT2D eigenvalue weighted by molar-refractivity contribution is 5.92. The van der Waals surface area contributed by atoms with Crippen LogP contribution in [-0.4, -0.2) is 24.0 Å². The number of amides is 1. The van der Waals surface area contributed by atoms with Gasteiger partial charge in [0.15, 0.2) is 0 Å². The number of aromatic nitrogens is 1. The van der Waals surface area contributed by atoms with Crippen LogP contribution >= 0.6 is 0 Å². The van der Waals surface area contributed by atoms with E-state index in [9.17, 15) is 4.79 Å². The second-order valence-electron chi connectivity index (χ2n) is 3.83. The molecule has 0 aliphatic rings. The first-order valence-corrected chi connectivity index (χ1v) is 5.58. The minimum absolute atomic E-state index is 0.0250. The van der Waals surface area contributed by atoms with Gasteiger partial charge in [0.2, 0.25) is 5.91 Å². The van der Waals surface area contributed by atoms with Gasteiger partial charge >= 0.3 is 0 Å². The summed E-state index contributed by atoms with van der Waals surface area (Å²) in [5.74, 6) is -0.0170. The van der Waals surface area contributed by atoms with Crippen molar-refractivity contribution in [2.24, 2.45) is 5.92 Å². The third kappa shape index (κ3) is 3.62. The van der Waals surface area contributed by atoms with Crippen LogP contribution in [-0.2, 0) is 4.79 Å². The number of rotatable bonds is 5. The average Bonchev–Trinajstić information content (AvgIpc) is 2.28. The Kier molecular flexibility index (Phi) is 4.92. The van der Waals surface area contributed by atoms with Crippen molar-refractivity contribution in [2.45, 2.75) is 20.8 Å². The largest absolute Gasteiger partial charge is 0.324 e. The maximum atomic E-state index is 11.8. The number of carbonyl (C=O) groups is 1. The molecule has 16 heavy (non-hydrogen) atoms. The molecule has 1 aromatic rings. The Labute approximate surface area is 96.5 Å². The SMILES string of the molecule is CCNCC(C)C(=O)Nc1cccnc1C. The van der Waals surface area contributed by atoms with Crippen LogP contribution in [0.15, 0.2) is 18.3 Å². The lowest BCUT2D eigenvalue weighted by Gasteiger charge is -2.13. The fourth-order valence-corrected chi connectivity index (χ4v) is 1.33. The van der Waals surface area contributed by atoms with Crippen LogP contribution in [0.2, 0.25) is 0 Å². The van der Waals surface area contributed by atoms with Gasteiger partial charge in [0.05, 0.1) is 11.4 Å². The van der Waals surface area contributed by atoms with Crippen molar-refractivity contribution in [2.75, 3.05) is 18.4 Å². The summed E-state index contributed by atoms with van der Waals surface area (Å²) < 4.78 is 0. The molecule has 0 bridgehead atoms. The van der Waals surface area contributed by atoms with E-state index in [1.54, 1.807) is 6.20 Å². The summed E-state index contributed by atoms with van der Waals surface area (Å²) in [4.78, 5) is 15.9. The molecule has 0 saturated carbocycles. The number of hydrogen-bond donors (Lipinski definition) is 2. The van der Waals surface area contributed by atoms with Crippen LogP contribution in [0.5, 0.6) is 0 Å². The predicted octanol–water partition coefficient (Wildman–Crippen LogP) is 1.57. The van der Waals surface area contributed by atoms with Gasteiger partial charge in [-0.25, -0.2) is 0 Å². The molecule has 1 heterocycles. The third-order valence-electron chi connectivity index (χ3n) is 2.41. The van der Waals surface area contributed by atoms with Crippen molar-refractivity contribution >= 4 is 11.6 Å². The number of anilines is 1. The van der Waals surface area contributed by atoms with E-state index >= 15 is 0 Å². The molecule has 1 amide bonds. The summed E-state index contributed by atoms with van der Waals surface area (Å²) in [6.45, 7) is 7.38. The van der Waals surface area contributed by atoms with Gasteiger partial charge in [-0.05, 0) is 25.6 Å². The summed E-state index contributed by atoms with van der Waals surface area (Å²) >= 11 is 0. The minimum atomic E-state index is -0.0421. The van der Waals surface area contributed by atoms with Gasteiger partial charge < -0.3 is 10.6 Å². The molecular formula is C12H19N3O. The molecular weight excluding hydrogens is 202 g/mol. The van der Waals surface area contributed by atoms with Crippen molar-refractivity contribution in [3.8, 4) is 0 Å². The zero-order valence-electron chi connectivity index (χ0n) is 10.1. The summed E-state index contributed by atoms with van der Waals surface area (Å²) in [6, 6.07) is 3.68. The molecule has 0 aromatic carbocycles. The lowest BCUT2D eigenvalue weighted by Crippen LogP contribution is -2.30. The molecule has 1 rings (SSSR count). The van der Waals surface area contributed by atoms with Crippen LogP contribution in [0, 0.1) is 12.8 Å². The van der Waals surface area contributed by atoms with Crippen LogP contribution in [0.4, 0.5) is 5.69 Å². The van der Waals surface area contributed by atoms with E-state index in [1.165, 1.54) is 0 Å². The van der Waals surface area contributed by atoms with Gasteiger partial charge in [0.1, 0.15) is 0 Å². The molecule has 0 aliphatic heterocycles. The summed E-state index contributed by atoms with van der Waals surface area (Å²) in [6.07, 6.45) is 1.72. The van der Waals surface area contributed by atoms with Crippen molar-refractivity contribution in [1.29, 1.82) is 0 Å². The van der Waals surface area contributed by atoms with Gasteiger partial charge in [-0.1, -0.05) is 13.8 Å². The van der Waals surface area contributed by atoms with Crippen molar-refractivity contribution < 1.29 is 4.79 Å². The lowest BCUT2D eigenvalue weighted by molar-refractivity contribution is -0.119. The first-order chi connectivity index (χ1) is 7.65. The molecule has 2 N–H and O–H groups in total. The Hall–Kier alpha value is -1.42. The summed E-state index contributed by atoms with van der Waals surface area (Å²) in [5, 5.41) is 6.03. The first kappa shape index (κ1) is 12.6. The number of hydrogen-bond acceptors (Lipinski definition) is 3. The van der Waals surface area contributed by atoms with E-state index in [2.05, 4.69) is 15.6 Å². The Bertz CT molecular complexity index is 352. The molecule has 1 aromatic heterocycles. The Morgan fingerprint density at radius 2 is 2.31 bits per heavy atom. The van der Waals surface area contributed by atoms with E-state index < -0.39 is 0 Å². The lowest BCUT2D eigenvalue weighted by atomic mass is 10.1. The Balaban J connectivity index is 2.54. The summed E-state index contributed by atoms with van der Waals surface area (Å²) in [7, 11) is 0. The summed E-state index contributed by atoms with van der Waals surface area (Å²) in [5.41, 5.74) is 1.63. The molecule has 0 radical (unpaired) electrons. The van der Waals surface area contributed by atoms with E-state index in [0.717, 1.165) is 17.9 Å². The minimum Gasteiger partial charge on any atom is -0.324 e. The second kappa shape index (κ2) is 6.23. The van der Waals surface area contributed by atoms with Crippen LogP contribution < -0.4 is 10.6 Å². The Morgan fingerprint density at radius 1 is 1.56 bits per heavy atom. The van der Waals surface area contributed by atoms with Gasteiger partial charge in [0.25, 0.3) is 0 Å². The fourth-order valence-electron chi connectivity index (χ4n) is 1.33. The van der Waals surface area contributed by atoms with Crippen molar-refractivity contribution in [1.82, 2.24) is 10.3 Å². The van der Waals surface area contributed by atoms with Crippen LogP contribution in [0.3, 0.4) is 0 Å². The topological polar surface area (TPSA) is 54.0 Å².